The van der Waals surface area contributed by atoms with Crippen molar-refractivity contribution < 1.29 is 14.3 Å². The van der Waals surface area contributed by atoms with Crippen molar-refractivity contribution >= 4 is 28.9 Å². The maximum Gasteiger partial charge on any atom is 0.337 e. The molecule has 4 aromatic rings. The molecule has 1 amide bonds. The van der Waals surface area contributed by atoms with E-state index in [0.717, 1.165) is 16.8 Å². The highest BCUT2D eigenvalue weighted by Gasteiger charge is 2.16. The Morgan fingerprint density at radius 1 is 1.13 bits per heavy atom. The first-order valence-corrected chi connectivity index (χ1v) is 9.99. The van der Waals surface area contributed by atoms with E-state index in [0.29, 0.717) is 22.0 Å². The summed E-state index contributed by atoms with van der Waals surface area (Å²) in [7, 11) is 1.32. The molecule has 0 spiro atoms. The minimum Gasteiger partial charge on any atom is -0.465 e. The molecule has 0 atom stereocenters. The first kappa shape index (κ1) is 19.5. The van der Waals surface area contributed by atoms with Crippen LogP contribution in [0.25, 0.3) is 16.3 Å². The summed E-state index contributed by atoms with van der Waals surface area (Å²) in [5.41, 5.74) is 3.80. The fourth-order valence-corrected chi connectivity index (χ4v) is 3.63. The highest BCUT2D eigenvalue weighted by molar-refractivity contribution is 7.13. The van der Waals surface area contributed by atoms with Crippen LogP contribution in [0.1, 0.15) is 26.4 Å². The minimum absolute atomic E-state index is 0.297. The molecule has 1 N–H and O–H groups in total. The summed E-state index contributed by atoms with van der Waals surface area (Å²) in [6.45, 7) is 1.85. The van der Waals surface area contributed by atoms with E-state index < -0.39 is 5.97 Å². The lowest BCUT2D eigenvalue weighted by Crippen LogP contribution is -2.14. The largest absolute Gasteiger partial charge is 0.465 e. The van der Waals surface area contributed by atoms with Gasteiger partial charge in [-0.25, -0.2) is 14.5 Å². The van der Waals surface area contributed by atoms with Gasteiger partial charge in [-0.1, -0.05) is 24.3 Å². The van der Waals surface area contributed by atoms with Crippen molar-refractivity contribution in [3.63, 3.8) is 0 Å². The molecule has 0 saturated heterocycles. The van der Waals surface area contributed by atoms with E-state index in [1.54, 1.807) is 34.5 Å². The van der Waals surface area contributed by atoms with Crippen LogP contribution in [-0.4, -0.2) is 33.8 Å². The van der Waals surface area contributed by atoms with E-state index in [9.17, 15) is 9.59 Å². The summed E-state index contributed by atoms with van der Waals surface area (Å²) >= 11 is 1.37. The summed E-state index contributed by atoms with van der Waals surface area (Å²) in [6, 6.07) is 14.8. The van der Waals surface area contributed by atoms with Gasteiger partial charge >= 0.3 is 5.97 Å². The number of carbonyl (C=O) groups excluding carboxylic acids is 2. The summed E-state index contributed by atoms with van der Waals surface area (Å²) in [5, 5.41) is 9.58. The normalized spacial score (nSPS) is 10.6. The smallest absolute Gasteiger partial charge is 0.337 e. The van der Waals surface area contributed by atoms with Gasteiger partial charge in [0.25, 0.3) is 5.91 Å². The van der Waals surface area contributed by atoms with E-state index >= 15 is 0 Å². The molecule has 0 unspecified atom stereocenters. The van der Waals surface area contributed by atoms with Crippen molar-refractivity contribution in [1.82, 2.24) is 14.8 Å². The van der Waals surface area contributed by atoms with Gasteiger partial charge in [0.1, 0.15) is 10.7 Å². The highest BCUT2D eigenvalue weighted by atomic mass is 32.1. The van der Waals surface area contributed by atoms with Crippen LogP contribution in [0.15, 0.2) is 66.3 Å². The van der Waals surface area contributed by atoms with Gasteiger partial charge in [0, 0.05) is 22.8 Å². The van der Waals surface area contributed by atoms with Crippen molar-refractivity contribution in [2.24, 2.45) is 0 Å². The van der Waals surface area contributed by atoms with Crippen LogP contribution in [0.2, 0.25) is 0 Å². The molecule has 150 valence electrons. The monoisotopic (exact) mass is 418 g/mol. The Labute approximate surface area is 177 Å². The number of hydrogen-bond acceptors (Lipinski definition) is 6. The molecule has 4 rings (SSSR count). The third-order valence-corrected chi connectivity index (χ3v) is 5.39. The van der Waals surface area contributed by atoms with E-state index in [1.165, 1.54) is 18.4 Å². The molecule has 0 bridgehead atoms. The van der Waals surface area contributed by atoms with Crippen molar-refractivity contribution in [2.45, 2.75) is 6.92 Å². The minimum atomic E-state index is -0.461. The predicted octanol–water partition coefficient (Wildman–Crippen LogP) is 4.34. The zero-order valence-electron chi connectivity index (χ0n) is 16.3. The molecule has 8 heteroatoms. The molecule has 0 aliphatic carbocycles. The number of nitrogens with one attached hydrogen (secondary N) is 1. The number of amides is 1. The fourth-order valence-electron chi connectivity index (χ4n) is 2.85. The van der Waals surface area contributed by atoms with Gasteiger partial charge in [-0.05, 0) is 36.8 Å². The zero-order chi connectivity index (χ0) is 21.1. The number of rotatable bonds is 5. The lowest BCUT2D eigenvalue weighted by molar-refractivity contribution is 0.0600. The lowest BCUT2D eigenvalue weighted by Gasteiger charge is -2.09. The van der Waals surface area contributed by atoms with E-state index in [1.807, 2.05) is 43.5 Å². The third kappa shape index (κ3) is 3.99. The Hall–Kier alpha value is -3.78. The Bertz CT molecular complexity index is 1210. The van der Waals surface area contributed by atoms with Crippen molar-refractivity contribution in [1.29, 1.82) is 0 Å². The molecular weight excluding hydrogens is 400 g/mol. The first-order chi connectivity index (χ1) is 14.5. The predicted molar refractivity (Wildman–Crippen MR) is 115 cm³/mol. The number of aromatic nitrogens is 3. The molecule has 2 heterocycles. The standard InChI is InChI=1S/C22H18N4O3S/c1-14-8-9-15(22(28)29-2)10-18(14)24-20(27)19-13-30-21(25-19)16-11-23-26(12-16)17-6-4-3-5-7-17/h3-13H,1-2H3,(H,24,27). The Morgan fingerprint density at radius 2 is 1.93 bits per heavy atom. The van der Waals surface area contributed by atoms with Crippen LogP contribution < -0.4 is 5.32 Å². The molecule has 30 heavy (non-hydrogen) atoms. The third-order valence-electron chi connectivity index (χ3n) is 4.49. The number of thiazole rings is 1. The van der Waals surface area contributed by atoms with Gasteiger partial charge in [-0.3, -0.25) is 4.79 Å². The van der Waals surface area contributed by atoms with Crippen LogP contribution in [0.3, 0.4) is 0 Å². The average molecular weight is 418 g/mol. The summed E-state index contributed by atoms with van der Waals surface area (Å²) < 4.78 is 6.50. The number of hydrogen-bond donors (Lipinski definition) is 1. The molecule has 0 aliphatic rings. The van der Waals surface area contributed by atoms with Crippen LogP contribution in [-0.2, 0) is 4.74 Å². The van der Waals surface area contributed by atoms with Crippen molar-refractivity contribution in [3.05, 3.63) is 83.1 Å². The molecule has 2 aromatic carbocycles. The van der Waals surface area contributed by atoms with E-state index in [2.05, 4.69) is 15.4 Å². The van der Waals surface area contributed by atoms with Gasteiger partial charge < -0.3 is 10.1 Å². The van der Waals surface area contributed by atoms with Crippen LogP contribution in [0.4, 0.5) is 5.69 Å². The van der Waals surface area contributed by atoms with E-state index in [4.69, 9.17) is 4.74 Å². The fraction of sp³-hybridized carbons (Fsp3) is 0.0909. The zero-order valence-corrected chi connectivity index (χ0v) is 17.1. The van der Waals surface area contributed by atoms with Crippen LogP contribution >= 0.6 is 11.3 Å². The Balaban J connectivity index is 1.53. The summed E-state index contributed by atoms with van der Waals surface area (Å²) in [4.78, 5) is 28.9. The quantitative estimate of drug-likeness (QED) is 0.487. The molecular formula is C22H18N4O3S. The number of aryl methyl sites for hydroxylation is 1. The second kappa shape index (κ2) is 8.30. The van der Waals surface area contributed by atoms with E-state index in [-0.39, 0.29) is 5.91 Å². The van der Waals surface area contributed by atoms with Gasteiger partial charge in [0.05, 0.1) is 24.6 Å². The SMILES string of the molecule is COC(=O)c1ccc(C)c(NC(=O)c2csc(-c3cnn(-c4ccccc4)c3)n2)c1. The van der Waals surface area contributed by atoms with Gasteiger partial charge in [-0.15, -0.1) is 11.3 Å². The number of anilines is 1. The lowest BCUT2D eigenvalue weighted by atomic mass is 10.1. The maximum atomic E-state index is 12.7. The maximum absolute atomic E-state index is 12.7. The number of nitrogens with zero attached hydrogens (tertiary/aromatic N) is 3. The molecule has 2 aromatic heterocycles. The average Bonchev–Trinajstić information content (AvgIpc) is 3.45. The second-order valence-electron chi connectivity index (χ2n) is 6.52. The number of para-hydroxylation sites is 1. The molecule has 0 fully saturated rings. The molecule has 0 aliphatic heterocycles. The Kier molecular flexibility index (Phi) is 5.40. The highest BCUT2D eigenvalue weighted by Crippen LogP contribution is 2.25. The number of esters is 1. The Morgan fingerprint density at radius 3 is 2.70 bits per heavy atom. The summed E-state index contributed by atoms with van der Waals surface area (Å²) in [5.74, 6) is -0.810. The van der Waals surface area contributed by atoms with Gasteiger partial charge in [0.15, 0.2) is 0 Å². The van der Waals surface area contributed by atoms with Crippen molar-refractivity contribution in [2.75, 3.05) is 12.4 Å². The van der Waals surface area contributed by atoms with Crippen LogP contribution in [0, 0.1) is 6.92 Å². The molecule has 0 radical (unpaired) electrons. The number of methoxy groups -OCH3 is 1. The van der Waals surface area contributed by atoms with Gasteiger partial charge in [-0.2, -0.15) is 5.10 Å². The first-order valence-electron chi connectivity index (χ1n) is 9.11. The second-order valence-corrected chi connectivity index (χ2v) is 7.38. The van der Waals surface area contributed by atoms with Crippen molar-refractivity contribution in [3.8, 4) is 16.3 Å². The number of ether oxygens (including phenoxy) is 1. The molecule has 0 saturated carbocycles. The number of benzene rings is 2. The van der Waals surface area contributed by atoms with Gasteiger partial charge in [0.2, 0.25) is 0 Å². The molecule has 7 nitrogen and oxygen atoms in total. The number of carbonyl (C=O) groups is 2. The van der Waals surface area contributed by atoms with Crippen LogP contribution in [0.5, 0.6) is 0 Å². The topological polar surface area (TPSA) is 86.1 Å². The summed E-state index contributed by atoms with van der Waals surface area (Å²) in [6.07, 6.45) is 3.59.